The predicted molar refractivity (Wildman–Crippen MR) is 82.4 cm³/mol. The molecule has 0 spiro atoms. The minimum absolute atomic E-state index is 0.643. The van der Waals surface area contributed by atoms with E-state index in [1.807, 2.05) is 18.5 Å². The molecule has 7 nitrogen and oxygen atoms in total. The second-order valence-corrected chi connectivity index (χ2v) is 4.91. The summed E-state index contributed by atoms with van der Waals surface area (Å²) >= 11 is 0. The summed E-state index contributed by atoms with van der Waals surface area (Å²) in [6.45, 7) is 2.60. The van der Waals surface area contributed by atoms with E-state index in [2.05, 4.69) is 29.8 Å². The molecule has 7 heteroatoms. The van der Waals surface area contributed by atoms with Crippen LogP contribution in [0.2, 0.25) is 0 Å². The standard InChI is InChI=1S/C15H18N6O/c1-22-14-7-12(3-5-18-14)8-16-4-2-6-21-11-20-15-13(21)9-17-10-19-15/h3,5,7,9-11,16H,2,4,6,8H2,1H3. The lowest BCUT2D eigenvalue weighted by atomic mass is 10.2. The molecule has 0 unspecified atom stereocenters. The van der Waals surface area contributed by atoms with Gasteiger partial charge in [-0.1, -0.05) is 0 Å². The van der Waals surface area contributed by atoms with Crippen molar-refractivity contribution in [3.63, 3.8) is 0 Å². The number of ether oxygens (including phenoxy) is 1. The molecule has 0 saturated carbocycles. The van der Waals surface area contributed by atoms with Gasteiger partial charge >= 0.3 is 0 Å². The van der Waals surface area contributed by atoms with Gasteiger partial charge in [-0.15, -0.1) is 0 Å². The first-order chi connectivity index (χ1) is 10.9. The van der Waals surface area contributed by atoms with Gasteiger partial charge in [0.1, 0.15) is 11.8 Å². The zero-order chi connectivity index (χ0) is 15.2. The van der Waals surface area contributed by atoms with Gasteiger partial charge in [0.15, 0.2) is 5.65 Å². The van der Waals surface area contributed by atoms with Gasteiger partial charge in [-0.3, -0.25) is 0 Å². The lowest BCUT2D eigenvalue weighted by molar-refractivity contribution is 0.397. The fraction of sp³-hybridized carbons (Fsp3) is 0.333. The third kappa shape index (κ3) is 3.37. The van der Waals surface area contributed by atoms with E-state index in [1.54, 1.807) is 19.5 Å². The van der Waals surface area contributed by atoms with Gasteiger partial charge in [-0.25, -0.2) is 19.9 Å². The Morgan fingerprint density at radius 3 is 3.14 bits per heavy atom. The van der Waals surface area contributed by atoms with E-state index in [0.29, 0.717) is 5.88 Å². The Morgan fingerprint density at radius 2 is 2.23 bits per heavy atom. The van der Waals surface area contributed by atoms with Gasteiger partial charge in [0, 0.05) is 25.4 Å². The highest BCUT2D eigenvalue weighted by Crippen LogP contribution is 2.09. The van der Waals surface area contributed by atoms with Crippen molar-refractivity contribution in [2.45, 2.75) is 19.5 Å². The van der Waals surface area contributed by atoms with Gasteiger partial charge in [0.25, 0.3) is 0 Å². The summed E-state index contributed by atoms with van der Waals surface area (Å²) in [5, 5.41) is 3.42. The second-order valence-electron chi connectivity index (χ2n) is 4.91. The Balaban J connectivity index is 1.45. The van der Waals surface area contributed by atoms with Crippen molar-refractivity contribution in [3.05, 3.63) is 42.7 Å². The van der Waals surface area contributed by atoms with Crippen LogP contribution in [-0.4, -0.2) is 38.2 Å². The zero-order valence-electron chi connectivity index (χ0n) is 12.4. The monoisotopic (exact) mass is 298 g/mol. The Bertz CT molecular complexity index is 741. The lowest BCUT2D eigenvalue weighted by Crippen LogP contribution is -2.16. The highest BCUT2D eigenvalue weighted by molar-refractivity contribution is 5.68. The number of methoxy groups -OCH3 is 1. The molecule has 3 heterocycles. The molecule has 0 aromatic carbocycles. The number of nitrogens with zero attached hydrogens (tertiary/aromatic N) is 5. The summed E-state index contributed by atoms with van der Waals surface area (Å²) in [5.74, 6) is 0.643. The largest absolute Gasteiger partial charge is 0.481 e. The number of pyridine rings is 1. The van der Waals surface area contributed by atoms with Crippen molar-refractivity contribution in [2.24, 2.45) is 0 Å². The third-order valence-electron chi connectivity index (χ3n) is 3.39. The molecule has 0 aliphatic rings. The molecule has 0 aliphatic carbocycles. The molecule has 0 saturated heterocycles. The highest BCUT2D eigenvalue weighted by atomic mass is 16.5. The summed E-state index contributed by atoms with van der Waals surface area (Å²) in [4.78, 5) is 16.5. The van der Waals surface area contributed by atoms with E-state index in [1.165, 1.54) is 6.33 Å². The van der Waals surface area contributed by atoms with Crippen LogP contribution >= 0.6 is 0 Å². The number of aromatic nitrogens is 5. The molecule has 3 rings (SSSR count). The number of imidazole rings is 1. The quantitative estimate of drug-likeness (QED) is 0.665. The summed E-state index contributed by atoms with van der Waals surface area (Å²) in [5.41, 5.74) is 2.88. The summed E-state index contributed by atoms with van der Waals surface area (Å²) < 4.78 is 7.19. The minimum atomic E-state index is 0.643. The molecule has 0 aliphatic heterocycles. The number of nitrogens with one attached hydrogen (secondary N) is 1. The van der Waals surface area contributed by atoms with Crippen molar-refractivity contribution in [2.75, 3.05) is 13.7 Å². The van der Waals surface area contributed by atoms with Crippen LogP contribution in [0, 0.1) is 0 Å². The van der Waals surface area contributed by atoms with E-state index in [9.17, 15) is 0 Å². The maximum absolute atomic E-state index is 5.11. The molecule has 1 N–H and O–H groups in total. The smallest absolute Gasteiger partial charge is 0.213 e. The van der Waals surface area contributed by atoms with E-state index < -0.39 is 0 Å². The van der Waals surface area contributed by atoms with E-state index in [4.69, 9.17) is 4.74 Å². The Hall–Kier alpha value is -2.54. The average molecular weight is 298 g/mol. The van der Waals surface area contributed by atoms with Crippen molar-refractivity contribution in [1.29, 1.82) is 0 Å². The van der Waals surface area contributed by atoms with Gasteiger partial charge in [0.2, 0.25) is 5.88 Å². The second kappa shape index (κ2) is 6.95. The van der Waals surface area contributed by atoms with Crippen LogP contribution in [0.1, 0.15) is 12.0 Å². The van der Waals surface area contributed by atoms with Crippen LogP contribution in [0.25, 0.3) is 11.2 Å². The van der Waals surface area contributed by atoms with Crippen LogP contribution in [0.15, 0.2) is 37.2 Å². The molecule has 3 aromatic heterocycles. The molecule has 0 radical (unpaired) electrons. The SMILES string of the molecule is COc1cc(CNCCCn2cnc3ncncc32)ccn1. The van der Waals surface area contributed by atoms with Gasteiger partial charge in [-0.05, 0) is 24.6 Å². The average Bonchev–Trinajstić information content (AvgIpc) is 2.98. The Kier molecular flexibility index (Phi) is 4.55. The van der Waals surface area contributed by atoms with Crippen molar-refractivity contribution < 1.29 is 4.74 Å². The number of hydrogen-bond acceptors (Lipinski definition) is 6. The molecular formula is C15H18N6O. The van der Waals surface area contributed by atoms with Gasteiger partial charge in [-0.2, -0.15) is 0 Å². The molecule has 0 fully saturated rings. The fourth-order valence-electron chi connectivity index (χ4n) is 2.26. The van der Waals surface area contributed by atoms with Crippen molar-refractivity contribution >= 4 is 11.2 Å². The molecule has 114 valence electrons. The summed E-state index contributed by atoms with van der Waals surface area (Å²) in [6.07, 6.45) is 7.89. The molecule has 0 bridgehead atoms. The Morgan fingerprint density at radius 1 is 1.27 bits per heavy atom. The first-order valence-corrected chi connectivity index (χ1v) is 7.17. The summed E-state index contributed by atoms with van der Waals surface area (Å²) in [7, 11) is 1.62. The van der Waals surface area contributed by atoms with E-state index >= 15 is 0 Å². The topological polar surface area (TPSA) is 77.8 Å². The van der Waals surface area contributed by atoms with Crippen LogP contribution in [0.4, 0.5) is 0 Å². The first-order valence-electron chi connectivity index (χ1n) is 7.17. The molecule has 0 amide bonds. The number of rotatable bonds is 7. The zero-order valence-corrected chi connectivity index (χ0v) is 12.4. The van der Waals surface area contributed by atoms with Gasteiger partial charge in [0.05, 0.1) is 19.6 Å². The highest BCUT2D eigenvalue weighted by Gasteiger charge is 2.02. The fourth-order valence-corrected chi connectivity index (χ4v) is 2.26. The molecule has 22 heavy (non-hydrogen) atoms. The van der Waals surface area contributed by atoms with Crippen LogP contribution in [0.3, 0.4) is 0 Å². The third-order valence-corrected chi connectivity index (χ3v) is 3.39. The summed E-state index contributed by atoms with van der Waals surface area (Å²) in [6, 6.07) is 3.92. The van der Waals surface area contributed by atoms with E-state index in [0.717, 1.165) is 42.8 Å². The van der Waals surface area contributed by atoms with Crippen LogP contribution in [0.5, 0.6) is 5.88 Å². The Labute approximate surface area is 128 Å². The number of aryl methyl sites for hydroxylation is 1. The molecular weight excluding hydrogens is 280 g/mol. The van der Waals surface area contributed by atoms with Crippen LogP contribution < -0.4 is 10.1 Å². The molecule has 0 atom stereocenters. The maximum Gasteiger partial charge on any atom is 0.213 e. The normalized spacial score (nSPS) is 11.0. The molecule has 3 aromatic rings. The minimum Gasteiger partial charge on any atom is -0.481 e. The number of fused-ring (bicyclic) bond motifs is 1. The van der Waals surface area contributed by atoms with Crippen LogP contribution in [-0.2, 0) is 13.1 Å². The maximum atomic E-state index is 5.11. The van der Waals surface area contributed by atoms with Crippen molar-refractivity contribution in [1.82, 2.24) is 29.8 Å². The van der Waals surface area contributed by atoms with E-state index in [-0.39, 0.29) is 0 Å². The van der Waals surface area contributed by atoms with Crippen molar-refractivity contribution in [3.8, 4) is 5.88 Å². The lowest BCUT2D eigenvalue weighted by Gasteiger charge is -2.07. The van der Waals surface area contributed by atoms with Gasteiger partial charge < -0.3 is 14.6 Å². The number of hydrogen-bond donors (Lipinski definition) is 1. The predicted octanol–water partition coefficient (Wildman–Crippen LogP) is 1.41. The first kappa shape index (κ1) is 14.4.